The molecule has 2 fully saturated rings. The molecule has 2 amide bonds. The van der Waals surface area contributed by atoms with Gasteiger partial charge in [-0.1, -0.05) is 0 Å². The van der Waals surface area contributed by atoms with Crippen LogP contribution in [0.3, 0.4) is 0 Å². The summed E-state index contributed by atoms with van der Waals surface area (Å²) in [6, 6.07) is 3.87. The van der Waals surface area contributed by atoms with E-state index in [-0.39, 0.29) is 23.3 Å². The number of carbonyl (C=O) groups is 2. The monoisotopic (exact) mass is 273 g/mol. The van der Waals surface area contributed by atoms with Crippen molar-refractivity contribution in [2.75, 3.05) is 0 Å². The number of carbonyl (C=O) groups excluding carboxylic acids is 2. The fraction of sp³-hybridized carbons (Fsp3) is 0.533. The molecule has 2 aliphatic rings. The van der Waals surface area contributed by atoms with Crippen LogP contribution in [0.4, 0.5) is 0 Å². The van der Waals surface area contributed by atoms with Gasteiger partial charge in [-0.2, -0.15) is 0 Å². The number of aromatic nitrogens is 1. The average molecular weight is 273 g/mol. The zero-order valence-electron chi connectivity index (χ0n) is 11.6. The van der Waals surface area contributed by atoms with Gasteiger partial charge in [-0.05, 0) is 43.4 Å². The molecule has 3 rings (SSSR count). The van der Waals surface area contributed by atoms with Gasteiger partial charge in [0.05, 0.1) is 11.2 Å². The fourth-order valence-electron chi connectivity index (χ4n) is 2.33. The van der Waals surface area contributed by atoms with Crippen LogP contribution in [-0.4, -0.2) is 16.8 Å². The van der Waals surface area contributed by atoms with Crippen LogP contribution in [0.2, 0.25) is 0 Å². The summed E-state index contributed by atoms with van der Waals surface area (Å²) in [4.78, 5) is 27.3. The maximum absolute atomic E-state index is 11.9. The van der Waals surface area contributed by atoms with E-state index in [0.717, 1.165) is 36.9 Å². The molecule has 0 spiro atoms. The third-order valence-electron chi connectivity index (χ3n) is 3.92. The molecule has 0 radical (unpaired) electrons. The molecule has 2 aliphatic carbocycles. The van der Waals surface area contributed by atoms with Gasteiger partial charge in [0.25, 0.3) is 0 Å². The largest absolute Gasteiger partial charge is 0.352 e. The quantitative estimate of drug-likeness (QED) is 0.847. The third-order valence-corrected chi connectivity index (χ3v) is 3.92. The van der Waals surface area contributed by atoms with Gasteiger partial charge in [0.2, 0.25) is 11.8 Å². The molecule has 106 valence electrons. The lowest BCUT2D eigenvalue weighted by molar-refractivity contribution is -0.123. The number of hydrogen-bond acceptors (Lipinski definition) is 3. The minimum Gasteiger partial charge on any atom is -0.352 e. The highest BCUT2D eigenvalue weighted by atomic mass is 16.2. The van der Waals surface area contributed by atoms with Gasteiger partial charge in [-0.15, -0.1) is 0 Å². The third kappa shape index (κ3) is 2.81. The standard InChI is InChI=1S/C15H19N3O2/c1-10(19)17-9-11-4-7-16-13(8-11)15(5-6-15)18-14(20)12-2-3-12/h4,7-8,12H,2-3,5-6,9H2,1H3,(H,17,19)(H,18,20). The molecular weight excluding hydrogens is 254 g/mol. The van der Waals surface area contributed by atoms with Crippen molar-refractivity contribution in [3.8, 4) is 0 Å². The first-order chi connectivity index (χ1) is 9.59. The molecule has 0 aromatic carbocycles. The lowest BCUT2D eigenvalue weighted by Gasteiger charge is -2.17. The molecule has 5 nitrogen and oxygen atoms in total. The second-order valence-electron chi connectivity index (χ2n) is 5.80. The van der Waals surface area contributed by atoms with Crippen molar-refractivity contribution < 1.29 is 9.59 Å². The molecule has 1 heterocycles. The second kappa shape index (κ2) is 4.89. The molecule has 1 aromatic heterocycles. The summed E-state index contributed by atoms with van der Waals surface area (Å²) in [5.74, 6) is 0.332. The van der Waals surface area contributed by atoms with E-state index in [1.54, 1.807) is 6.20 Å². The van der Waals surface area contributed by atoms with Crippen molar-refractivity contribution >= 4 is 11.8 Å². The maximum atomic E-state index is 11.9. The predicted molar refractivity (Wildman–Crippen MR) is 73.5 cm³/mol. The van der Waals surface area contributed by atoms with E-state index < -0.39 is 0 Å². The lowest BCUT2D eigenvalue weighted by Crippen LogP contribution is -2.36. The van der Waals surface area contributed by atoms with Gasteiger partial charge in [0.1, 0.15) is 0 Å². The molecule has 0 aliphatic heterocycles. The second-order valence-corrected chi connectivity index (χ2v) is 5.80. The van der Waals surface area contributed by atoms with Gasteiger partial charge in [0, 0.05) is 25.6 Å². The number of pyridine rings is 1. The summed E-state index contributed by atoms with van der Waals surface area (Å²) in [7, 11) is 0. The van der Waals surface area contributed by atoms with Crippen molar-refractivity contribution in [3.05, 3.63) is 29.6 Å². The van der Waals surface area contributed by atoms with Crippen LogP contribution in [0.25, 0.3) is 0 Å². The van der Waals surface area contributed by atoms with Gasteiger partial charge in [-0.25, -0.2) is 0 Å². The van der Waals surface area contributed by atoms with Crippen LogP contribution < -0.4 is 10.6 Å². The van der Waals surface area contributed by atoms with Crippen LogP contribution in [0, 0.1) is 5.92 Å². The predicted octanol–water partition coefficient (Wildman–Crippen LogP) is 1.23. The molecule has 0 unspecified atom stereocenters. The summed E-state index contributed by atoms with van der Waals surface area (Å²) in [6.07, 6.45) is 5.66. The molecule has 0 atom stereocenters. The van der Waals surface area contributed by atoms with Crippen molar-refractivity contribution in [2.24, 2.45) is 5.92 Å². The Morgan fingerprint density at radius 1 is 1.40 bits per heavy atom. The molecule has 2 saturated carbocycles. The van der Waals surface area contributed by atoms with Crippen LogP contribution in [0.5, 0.6) is 0 Å². The Hall–Kier alpha value is -1.91. The SMILES string of the molecule is CC(=O)NCc1ccnc(C2(NC(=O)C3CC3)CC2)c1. The van der Waals surface area contributed by atoms with E-state index in [2.05, 4.69) is 15.6 Å². The molecule has 2 N–H and O–H groups in total. The van der Waals surface area contributed by atoms with E-state index in [0.29, 0.717) is 6.54 Å². The number of rotatable bonds is 5. The molecule has 1 aromatic rings. The van der Waals surface area contributed by atoms with E-state index >= 15 is 0 Å². The average Bonchev–Trinajstić information content (AvgIpc) is 3.29. The van der Waals surface area contributed by atoms with E-state index in [1.807, 2.05) is 12.1 Å². The fourth-order valence-corrected chi connectivity index (χ4v) is 2.33. The molecule has 0 bridgehead atoms. The van der Waals surface area contributed by atoms with Crippen LogP contribution in [0.15, 0.2) is 18.3 Å². The highest BCUT2D eigenvalue weighted by molar-refractivity contribution is 5.82. The summed E-state index contributed by atoms with van der Waals surface area (Å²) in [5, 5.41) is 5.92. The van der Waals surface area contributed by atoms with Crippen molar-refractivity contribution in [3.63, 3.8) is 0 Å². The molecule has 20 heavy (non-hydrogen) atoms. The Morgan fingerprint density at radius 2 is 2.15 bits per heavy atom. The molecular formula is C15H19N3O2. The Balaban J connectivity index is 1.70. The van der Waals surface area contributed by atoms with E-state index in [4.69, 9.17) is 0 Å². The van der Waals surface area contributed by atoms with Gasteiger partial charge in [0.15, 0.2) is 0 Å². The minimum absolute atomic E-state index is 0.0495. The topological polar surface area (TPSA) is 71.1 Å². The van der Waals surface area contributed by atoms with Crippen LogP contribution in [0.1, 0.15) is 43.9 Å². The first kappa shape index (κ1) is 13.1. The smallest absolute Gasteiger partial charge is 0.223 e. The van der Waals surface area contributed by atoms with Crippen molar-refractivity contribution in [2.45, 2.75) is 44.7 Å². The Kier molecular flexibility index (Phi) is 3.20. The van der Waals surface area contributed by atoms with Gasteiger partial charge >= 0.3 is 0 Å². The zero-order chi connectivity index (χ0) is 14.2. The Morgan fingerprint density at radius 3 is 2.75 bits per heavy atom. The van der Waals surface area contributed by atoms with Crippen molar-refractivity contribution in [1.29, 1.82) is 0 Å². The van der Waals surface area contributed by atoms with Crippen LogP contribution >= 0.6 is 0 Å². The summed E-state index contributed by atoms with van der Waals surface area (Å²) in [6.45, 7) is 2.00. The number of hydrogen-bond donors (Lipinski definition) is 2. The number of nitrogens with zero attached hydrogens (tertiary/aromatic N) is 1. The number of amides is 2. The molecule has 5 heteroatoms. The Labute approximate surface area is 118 Å². The lowest BCUT2D eigenvalue weighted by atomic mass is 10.1. The van der Waals surface area contributed by atoms with Gasteiger partial charge in [-0.3, -0.25) is 14.6 Å². The first-order valence-corrected chi connectivity index (χ1v) is 7.11. The number of nitrogens with one attached hydrogen (secondary N) is 2. The van der Waals surface area contributed by atoms with Crippen LogP contribution in [-0.2, 0) is 21.7 Å². The van der Waals surface area contributed by atoms with Gasteiger partial charge < -0.3 is 10.6 Å². The summed E-state index contributed by atoms with van der Waals surface area (Å²) in [5.41, 5.74) is 1.66. The zero-order valence-corrected chi connectivity index (χ0v) is 11.6. The first-order valence-electron chi connectivity index (χ1n) is 7.11. The van der Waals surface area contributed by atoms with E-state index in [1.165, 1.54) is 6.92 Å². The van der Waals surface area contributed by atoms with E-state index in [9.17, 15) is 9.59 Å². The highest BCUT2D eigenvalue weighted by Crippen LogP contribution is 2.45. The summed E-state index contributed by atoms with van der Waals surface area (Å²) < 4.78 is 0. The Bertz CT molecular complexity index is 548. The summed E-state index contributed by atoms with van der Waals surface area (Å²) >= 11 is 0. The maximum Gasteiger partial charge on any atom is 0.223 e. The van der Waals surface area contributed by atoms with Crippen molar-refractivity contribution in [1.82, 2.24) is 15.6 Å². The molecule has 0 saturated heterocycles. The minimum atomic E-state index is -0.258. The highest BCUT2D eigenvalue weighted by Gasteiger charge is 2.48. The normalized spacial score (nSPS) is 19.2.